The third-order valence-electron chi connectivity index (χ3n) is 2.58. The highest BCUT2D eigenvalue weighted by molar-refractivity contribution is 5.48. The van der Waals surface area contributed by atoms with E-state index in [0.717, 1.165) is 18.7 Å². The van der Waals surface area contributed by atoms with Crippen molar-refractivity contribution in [2.45, 2.75) is 6.42 Å². The molecule has 0 spiro atoms. The van der Waals surface area contributed by atoms with E-state index in [1.807, 2.05) is 36.2 Å². The van der Waals surface area contributed by atoms with Crippen LogP contribution < -0.4 is 4.90 Å². The van der Waals surface area contributed by atoms with E-state index in [0.29, 0.717) is 11.5 Å². The van der Waals surface area contributed by atoms with Crippen molar-refractivity contribution in [2.75, 3.05) is 18.5 Å². The maximum atomic E-state index is 8.96. The molecule has 2 aromatic heterocycles. The van der Waals surface area contributed by atoms with Crippen LogP contribution in [0.3, 0.4) is 0 Å². The molecule has 0 saturated carbocycles. The molecule has 2 rings (SSSR count). The van der Waals surface area contributed by atoms with E-state index in [-0.39, 0.29) is 0 Å². The lowest BCUT2D eigenvalue weighted by Crippen LogP contribution is -2.23. The Morgan fingerprint density at radius 1 is 1.17 bits per heavy atom. The summed E-state index contributed by atoms with van der Waals surface area (Å²) in [4.78, 5) is 14.4. The Kier molecular flexibility index (Phi) is 3.82. The maximum Gasteiger partial charge on any atom is 0.183 e. The first-order valence-corrected chi connectivity index (χ1v) is 5.63. The smallest absolute Gasteiger partial charge is 0.183 e. The van der Waals surface area contributed by atoms with Crippen molar-refractivity contribution < 1.29 is 0 Å². The molecule has 2 heterocycles. The van der Waals surface area contributed by atoms with E-state index in [9.17, 15) is 0 Å². The predicted octanol–water partition coefficient (Wildman–Crippen LogP) is 1.42. The summed E-state index contributed by atoms with van der Waals surface area (Å²) in [6, 6.07) is 7.88. The van der Waals surface area contributed by atoms with Crippen molar-refractivity contribution in [3.63, 3.8) is 0 Å². The third kappa shape index (κ3) is 2.80. The minimum atomic E-state index is 0.348. The Morgan fingerprint density at radius 3 is 2.72 bits per heavy atom. The van der Waals surface area contributed by atoms with E-state index in [2.05, 4.69) is 15.0 Å². The number of hydrogen-bond donors (Lipinski definition) is 0. The molecule has 0 fully saturated rings. The van der Waals surface area contributed by atoms with Gasteiger partial charge in [0.15, 0.2) is 11.5 Å². The first-order chi connectivity index (χ1) is 8.81. The summed E-state index contributed by atoms with van der Waals surface area (Å²) in [7, 11) is 1.90. The highest BCUT2D eigenvalue weighted by atomic mass is 15.2. The zero-order valence-electron chi connectivity index (χ0n) is 10.1. The van der Waals surface area contributed by atoms with Crippen molar-refractivity contribution >= 4 is 5.82 Å². The van der Waals surface area contributed by atoms with Crippen LogP contribution in [-0.2, 0) is 6.42 Å². The molecule has 0 atom stereocenters. The molecule has 0 aliphatic rings. The SMILES string of the molecule is CN(CCc1ccccn1)c1nccnc1C#N. The largest absolute Gasteiger partial charge is 0.357 e. The van der Waals surface area contributed by atoms with Crippen LogP contribution in [0, 0.1) is 11.3 Å². The van der Waals surface area contributed by atoms with Crippen molar-refractivity contribution in [1.82, 2.24) is 15.0 Å². The quantitative estimate of drug-likeness (QED) is 0.807. The van der Waals surface area contributed by atoms with Gasteiger partial charge in [-0.25, -0.2) is 9.97 Å². The molecule has 90 valence electrons. The number of rotatable bonds is 4. The standard InChI is InChI=1S/C13H13N5/c1-18(9-5-11-4-2-3-6-15-11)13-12(10-14)16-7-8-17-13/h2-4,6-8H,5,9H2,1H3. The first-order valence-electron chi connectivity index (χ1n) is 5.63. The molecular formula is C13H13N5. The molecule has 0 unspecified atom stereocenters. The lowest BCUT2D eigenvalue weighted by molar-refractivity contribution is 0.832. The van der Waals surface area contributed by atoms with Crippen LogP contribution in [0.2, 0.25) is 0 Å². The lowest BCUT2D eigenvalue weighted by atomic mass is 10.2. The predicted molar refractivity (Wildman–Crippen MR) is 68.0 cm³/mol. The van der Waals surface area contributed by atoms with Crippen molar-refractivity contribution in [3.8, 4) is 6.07 Å². The molecule has 0 N–H and O–H groups in total. The summed E-state index contributed by atoms with van der Waals surface area (Å²) in [5, 5.41) is 8.96. The minimum Gasteiger partial charge on any atom is -0.357 e. The van der Waals surface area contributed by atoms with Crippen molar-refractivity contribution in [2.24, 2.45) is 0 Å². The molecule has 0 aliphatic heterocycles. The third-order valence-corrected chi connectivity index (χ3v) is 2.58. The average Bonchev–Trinajstić information content (AvgIpc) is 2.45. The van der Waals surface area contributed by atoms with Gasteiger partial charge in [-0.2, -0.15) is 5.26 Å². The zero-order chi connectivity index (χ0) is 12.8. The molecule has 0 bridgehead atoms. The number of pyridine rings is 1. The number of nitrogens with zero attached hydrogens (tertiary/aromatic N) is 5. The van der Waals surface area contributed by atoms with Crippen LogP contribution in [0.5, 0.6) is 0 Å². The molecule has 2 aromatic rings. The second-order valence-electron chi connectivity index (χ2n) is 3.83. The Hall–Kier alpha value is -2.48. The summed E-state index contributed by atoms with van der Waals surface area (Å²) in [5.74, 6) is 0.607. The Morgan fingerprint density at radius 2 is 2.00 bits per heavy atom. The van der Waals surface area contributed by atoms with E-state index in [4.69, 9.17) is 5.26 Å². The number of aromatic nitrogens is 3. The van der Waals surface area contributed by atoms with Crippen LogP contribution in [0.1, 0.15) is 11.4 Å². The second-order valence-corrected chi connectivity index (χ2v) is 3.83. The molecule has 0 radical (unpaired) electrons. The van der Waals surface area contributed by atoms with E-state index in [1.54, 1.807) is 12.4 Å². The molecule has 0 saturated heterocycles. The van der Waals surface area contributed by atoms with Gasteiger partial charge in [-0.15, -0.1) is 0 Å². The monoisotopic (exact) mass is 239 g/mol. The number of likely N-dealkylation sites (N-methyl/N-ethyl adjacent to an activating group) is 1. The normalized spacial score (nSPS) is 9.78. The van der Waals surface area contributed by atoms with Crippen molar-refractivity contribution in [1.29, 1.82) is 5.26 Å². The average molecular weight is 239 g/mol. The number of nitriles is 1. The molecular weight excluding hydrogens is 226 g/mol. The highest BCUT2D eigenvalue weighted by Crippen LogP contribution is 2.12. The van der Waals surface area contributed by atoms with E-state index >= 15 is 0 Å². The van der Waals surface area contributed by atoms with Gasteiger partial charge in [-0.1, -0.05) is 6.07 Å². The van der Waals surface area contributed by atoms with Gasteiger partial charge in [-0.05, 0) is 12.1 Å². The van der Waals surface area contributed by atoms with Gasteiger partial charge in [0.25, 0.3) is 0 Å². The summed E-state index contributed by atoms with van der Waals surface area (Å²) in [6.45, 7) is 0.740. The Bertz CT molecular complexity index is 547. The van der Waals surface area contributed by atoms with Gasteiger partial charge in [0.2, 0.25) is 0 Å². The minimum absolute atomic E-state index is 0.348. The molecule has 0 amide bonds. The van der Waals surface area contributed by atoms with Gasteiger partial charge < -0.3 is 4.90 Å². The van der Waals surface area contributed by atoms with Gasteiger partial charge in [0.1, 0.15) is 6.07 Å². The zero-order valence-corrected chi connectivity index (χ0v) is 10.1. The Balaban J connectivity index is 2.04. The van der Waals surface area contributed by atoms with Crippen LogP contribution in [0.25, 0.3) is 0 Å². The van der Waals surface area contributed by atoms with Gasteiger partial charge in [0, 0.05) is 44.3 Å². The maximum absolute atomic E-state index is 8.96. The summed E-state index contributed by atoms with van der Waals surface area (Å²) < 4.78 is 0. The van der Waals surface area contributed by atoms with Gasteiger partial charge >= 0.3 is 0 Å². The molecule has 0 aromatic carbocycles. The lowest BCUT2D eigenvalue weighted by Gasteiger charge is -2.17. The van der Waals surface area contributed by atoms with E-state index < -0.39 is 0 Å². The van der Waals surface area contributed by atoms with Crippen LogP contribution in [0.4, 0.5) is 5.82 Å². The topological polar surface area (TPSA) is 65.7 Å². The van der Waals surface area contributed by atoms with Crippen molar-refractivity contribution in [3.05, 3.63) is 48.2 Å². The van der Waals surface area contributed by atoms with Gasteiger partial charge in [0.05, 0.1) is 0 Å². The summed E-state index contributed by atoms with van der Waals surface area (Å²) in [5.41, 5.74) is 1.37. The van der Waals surface area contributed by atoms with Crippen LogP contribution in [0.15, 0.2) is 36.8 Å². The molecule has 5 nitrogen and oxygen atoms in total. The highest BCUT2D eigenvalue weighted by Gasteiger charge is 2.09. The molecule has 0 aliphatic carbocycles. The van der Waals surface area contributed by atoms with Gasteiger partial charge in [-0.3, -0.25) is 4.98 Å². The Labute approximate surface area is 106 Å². The fourth-order valence-corrected chi connectivity index (χ4v) is 1.62. The van der Waals surface area contributed by atoms with E-state index in [1.165, 1.54) is 6.20 Å². The fraction of sp³-hybridized carbons (Fsp3) is 0.231. The second kappa shape index (κ2) is 5.73. The van der Waals surface area contributed by atoms with Crippen LogP contribution in [-0.4, -0.2) is 28.5 Å². The summed E-state index contributed by atoms with van der Waals surface area (Å²) in [6.07, 6.45) is 5.69. The fourth-order valence-electron chi connectivity index (χ4n) is 1.62. The van der Waals surface area contributed by atoms with Crippen LogP contribution >= 0.6 is 0 Å². The first kappa shape index (κ1) is 12.0. The number of anilines is 1. The number of hydrogen-bond acceptors (Lipinski definition) is 5. The molecule has 5 heteroatoms. The summed E-state index contributed by atoms with van der Waals surface area (Å²) >= 11 is 0. The molecule has 18 heavy (non-hydrogen) atoms.